The van der Waals surface area contributed by atoms with Gasteiger partial charge < -0.3 is 11.1 Å². The molecule has 0 saturated heterocycles. The van der Waals surface area contributed by atoms with Gasteiger partial charge >= 0.3 is 0 Å². The molecule has 0 bridgehead atoms. The van der Waals surface area contributed by atoms with Crippen LogP contribution >= 0.6 is 12.4 Å². The fraction of sp³-hybridized carbons (Fsp3) is 0.562. The molecule has 0 spiro atoms. The third-order valence-corrected chi connectivity index (χ3v) is 4.31. The van der Waals surface area contributed by atoms with Crippen molar-refractivity contribution in [1.29, 1.82) is 0 Å². The zero-order valence-corrected chi connectivity index (χ0v) is 13.1. The van der Waals surface area contributed by atoms with Gasteiger partial charge in [0.05, 0.1) is 6.04 Å². The molecule has 0 radical (unpaired) electrons. The minimum atomic E-state index is 0. The summed E-state index contributed by atoms with van der Waals surface area (Å²) in [4.78, 5) is 12.3. The lowest BCUT2D eigenvalue weighted by Gasteiger charge is -2.22. The normalized spacial score (nSPS) is 22.9. The maximum atomic E-state index is 12.3. The molecule has 1 aliphatic carbocycles. The van der Waals surface area contributed by atoms with Crippen molar-refractivity contribution in [2.24, 2.45) is 17.6 Å². The number of carbonyl (C=O) groups is 1. The predicted molar refractivity (Wildman–Crippen MR) is 84.9 cm³/mol. The van der Waals surface area contributed by atoms with E-state index in [9.17, 15) is 4.79 Å². The van der Waals surface area contributed by atoms with Gasteiger partial charge in [0.15, 0.2) is 0 Å². The lowest BCUT2D eigenvalue weighted by Crippen LogP contribution is -2.36. The first-order valence-electron chi connectivity index (χ1n) is 7.19. The third-order valence-electron chi connectivity index (χ3n) is 4.31. The summed E-state index contributed by atoms with van der Waals surface area (Å²) < 4.78 is 0. The molecule has 3 nitrogen and oxygen atoms in total. The summed E-state index contributed by atoms with van der Waals surface area (Å²) in [6.45, 7) is 4.75. The van der Waals surface area contributed by atoms with Crippen molar-refractivity contribution in [2.45, 2.75) is 39.2 Å². The molecule has 1 aromatic carbocycles. The van der Waals surface area contributed by atoms with Gasteiger partial charge in [0.25, 0.3) is 0 Å². The predicted octanol–water partition coefficient (Wildman–Crippen LogP) is 2.97. The molecule has 4 heteroatoms. The molecule has 1 aromatic rings. The second-order valence-electron chi connectivity index (χ2n) is 5.62. The molecule has 0 heterocycles. The number of halogens is 1. The largest absolute Gasteiger partial charge is 0.349 e. The zero-order chi connectivity index (χ0) is 13.8. The molecular formula is C16H25ClN2O. The Balaban J connectivity index is 0.00000200. The quantitative estimate of drug-likeness (QED) is 0.897. The van der Waals surface area contributed by atoms with Gasteiger partial charge in [0.2, 0.25) is 5.91 Å². The highest BCUT2D eigenvalue weighted by molar-refractivity contribution is 5.85. The summed E-state index contributed by atoms with van der Waals surface area (Å²) in [6.07, 6.45) is 3.19. The van der Waals surface area contributed by atoms with Crippen molar-refractivity contribution >= 4 is 18.3 Å². The summed E-state index contributed by atoms with van der Waals surface area (Å²) in [6, 6.07) is 8.26. The molecule has 1 unspecified atom stereocenters. The fourth-order valence-corrected chi connectivity index (χ4v) is 3.13. The second kappa shape index (κ2) is 7.65. The maximum absolute atomic E-state index is 12.3. The topological polar surface area (TPSA) is 55.1 Å². The Morgan fingerprint density at radius 3 is 2.75 bits per heavy atom. The smallest absolute Gasteiger partial charge is 0.223 e. The summed E-state index contributed by atoms with van der Waals surface area (Å²) in [5.41, 5.74) is 8.16. The average molecular weight is 297 g/mol. The molecule has 2 rings (SSSR count). The van der Waals surface area contributed by atoms with Gasteiger partial charge in [-0.15, -0.1) is 12.4 Å². The summed E-state index contributed by atoms with van der Waals surface area (Å²) in [7, 11) is 0. The Bertz CT molecular complexity index is 450. The van der Waals surface area contributed by atoms with E-state index in [1.807, 2.05) is 19.1 Å². The van der Waals surface area contributed by atoms with Crippen LogP contribution in [0.4, 0.5) is 0 Å². The summed E-state index contributed by atoms with van der Waals surface area (Å²) >= 11 is 0. The third kappa shape index (κ3) is 3.74. The van der Waals surface area contributed by atoms with Gasteiger partial charge in [-0.05, 0) is 50.3 Å². The van der Waals surface area contributed by atoms with Crippen molar-refractivity contribution < 1.29 is 4.79 Å². The average Bonchev–Trinajstić information content (AvgIpc) is 2.87. The molecule has 0 aromatic heterocycles. The summed E-state index contributed by atoms with van der Waals surface area (Å²) in [5, 5.41) is 3.15. The number of amides is 1. The molecule has 1 amide bonds. The zero-order valence-electron chi connectivity index (χ0n) is 12.3. The standard InChI is InChI=1S/C16H24N2O.ClH/c1-11-6-3-4-8-14(11)12(2)18-16(19)15-9-5-7-13(15)10-17;/h3-4,6,8,12-13,15H,5,7,9-10,17H2,1-2H3,(H,18,19);1H/t12?,13-,15-;/m1./s1. The van der Waals surface area contributed by atoms with Crippen molar-refractivity contribution in [3.63, 3.8) is 0 Å². The van der Waals surface area contributed by atoms with E-state index >= 15 is 0 Å². The second-order valence-corrected chi connectivity index (χ2v) is 5.62. The van der Waals surface area contributed by atoms with E-state index in [1.165, 1.54) is 11.1 Å². The Hall–Kier alpha value is -1.06. The van der Waals surface area contributed by atoms with Gasteiger partial charge in [-0.3, -0.25) is 4.79 Å². The lowest BCUT2D eigenvalue weighted by molar-refractivity contribution is -0.126. The SMILES string of the molecule is Cc1ccccc1C(C)NC(=O)[C@@H]1CCC[C@@H]1CN.Cl. The number of hydrogen-bond donors (Lipinski definition) is 2. The number of aryl methyl sites for hydroxylation is 1. The molecule has 1 saturated carbocycles. The first-order chi connectivity index (χ1) is 9.13. The highest BCUT2D eigenvalue weighted by Gasteiger charge is 2.32. The number of nitrogens with one attached hydrogen (secondary N) is 1. The number of benzene rings is 1. The van der Waals surface area contributed by atoms with Crippen LogP contribution in [0.15, 0.2) is 24.3 Å². The lowest BCUT2D eigenvalue weighted by atomic mass is 9.94. The molecule has 0 aliphatic heterocycles. The van der Waals surface area contributed by atoms with Crippen molar-refractivity contribution in [3.8, 4) is 0 Å². The van der Waals surface area contributed by atoms with E-state index in [4.69, 9.17) is 5.73 Å². The van der Waals surface area contributed by atoms with Gasteiger partial charge in [0, 0.05) is 5.92 Å². The first kappa shape index (κ1) is 17.0. The van der Waals surface area contributed by atoms with E-state index in [1.54, 1.807) is 0 Å². The number of carbonyl (C=O) groups excluding carboxylic acids is 1. The Morgan fingerprint density at radius 2 is 2.10 bits per heavy atom. The van der Waals surface area contributed by atoms with Crippen LogP contribution in [0.25, 0.3) is 0 Å². The molecular weight excluding hydrogens is 272 g/mol. The van der Waals surface area contributed by atoms with Crippen LogP contribution in [0.1, 0.15) is 43.4 Å². The van der Waals surface area contributed by atoms with E-state index in [0.29, 0.717) is 12.5 Å². The van der Waals surface area contributed by atoms with E-state index < -0.39 is 0 Å². The molecule has 20 heavy (non-hydrogen) atoms. The highest BCUT2D eigenvalue weighted by atomic mass is 35.5. The molecule has 1 aliphatic rings. The minimum Gasteiger partial charge on any atom is -0.349 e. The Kier molecular flexibility index (Phi) is 6.50. The van der Waals surface area contributed by atoms with Gasteiger partial charge in [0.1, 0.15) is 0 Å². The monoisotopic (exact) mass is 296 g/mol. The molecule has 112 valence electrons. The first-order valence-corrected chi connectivity index (χ1v) is 7.19. The summed E-state index contributed by atoms with van der Waals surface area (Å²) in [5.74, 6) is 0.643. The van der Waals surface area contributed by atoms with Crippen LogP contribution in [0.2, 0.25) is 0 Å². The van der Waals surface area contributed by atoms with E-state index in [0.717, 1.165) is 19.3 Å². The Labute approximate surface area is 127 Å². The van der Waals surface area contributed by atoms with Crippen molar-refractivity contribution in [2.75, 3.05) is 6.54 Å². The van der Waals surface area contributed by atoms with Crippen LogP contribution in [0.5, 0.6) is 0 Å². The number of hydrogen-bond acceptors (Lipinski definition) is 2. The van der Waals surface area contributed by atoms with Crippen molar-refractivity contribution in [3.05, 3.63) is 35.4 Å². The van der Waals surface area contributed by atoms with Crippen molar-refractivity contribution in [1.82, 2.24) is 5.32 Å². The minimum absolute atomic E-state index is 0. The van der Waals surface area contributed by atoms with Crippen LogP contribution in [0.3, 0.4) is 0 Å². The Morgan fingerprint density at radius 1 is 1.40 bits per heavy atom. The van der Waals surface area contributed by atoms with Crippen LogP contribution < -0.4 is 11.1 Å². The molecule has 3 N–H and O–H groups in total. The fourth-order valence-electron chi connectivity index (χ4n) is 3.13. The van der Waals surface area contributed by atoms with Crippen LogP contribution in [-0.4, -0.2) is 12.5 Å². The number of nitrogens with two attached hydrogens (primary N) is 1. The highest BCUT2D eigenvalue weighted by Crippen LogP contribution is 2.31. The van der Waals surface area contributed by atoms with Gasteiger partial charge in [-0.25, -0.2) is 0 Å². The van der Waals surface area contributed by atoms with Crippen LogP contribution in [-0.2, 0) is 4.79 Å². The van der Waals surface area contributed by atoms with Crippen LogP contribution in [0, 0.1) is 18.8 Å². The van der Waals surface area contributed by atoms with E-state index in [2.05, 4.69) is 24.4 Å². The van der Waals surface area contributed by atoms with Gasteiger partial charge in [-0.2, -0.15) is 0 Å². The van der Waals surface area contributed by atoms with E-state index in [-0.39, 0.29) is 30.3 Å². The van der Waals surface area contributed by atoms with Gasteiger partial charge in [-0.1, -0.05) is 30.7 Å². The number of rotatable bonds is 4. The molecule has 3 atom stereocenters. The molecule has 1 fully saturated rings. The maximum Gasteiger partial charge on any atom is 0.223 e.